The molecule has 2 aromatic rings. The summed E-state index contributed by atoms with van der Waals surface area (Å²) in [7, 11) is 0. The number of nitrogens with one attached hydrogen (secondary N) is 1. The van der Waals surface area contributed by atoms with Gasteiger partial charge in [-0.3, -0.25) is 14.4 Å². The summed E-state index contributed by atoms with van der Waals surface area (Å²) in [4.78, 5) is 35.4. The van der Waals surface area contributed by atoms with E-state index in [0.717, 1.165) is 11.3 Å². The van der Waals surface area contributed by atoms with Gasteiger partial charge in [0.1, 0.15) is 5.76 Å². The van der Waals surface area contributed by atoms with Gasteiger partial charge >= 0.3 is 5.97 Å². The van der Waals surface area contributed by atoms with Gasteiger partial charge in [-0.25, -0.2) is 0 Å². The quantitative estimate of drug-likeness (QED) is 0.603. The molecule has 0 radical (unpaired) electrons. The molecular weight excluding hydrogens is 336 g/mol. The van der Waals surface area contributed by atoms with Gasteiger partial charge in [-0.1, -0.05) is 5.16 Å². The van der Waals surface area contributed by atoms with Gasteiger partial charge < -0.3 is 14.6 Å². The molecule has 138 valence electrons. The number of hydrogen-bond donors (Lipinski definition) is 1. The smallest absolute Gasteiger partial charge is 0.306 e. The molecule has 1 heterocycles. The molecule has 7 nitrogen and oxygen atoms in total. The van der Waals surface area contributed by atoms with E-state index in [4.69, 9.17) is 9.26 Å². The van der Waals surface area contributed by atoms with E-state index in [0.29, 0.717) is 23.4 Å². The molecule has 0 bridgehead atoms. The monoisotopic (exact) mass is 358 g/mol. The van der Waals surface area contributed by atoms with Crippen LogP contribution >= 0.6 is 0 Å². The summed E-state index contributed by atoms with van der Waals surface area (Å²) in [5.74, 6) is -0.269. The van der Waals surface area contributed by atoms with Crippen LogP contribution in [0.15, 0.2) is 28.8 Å². The second-order valence-electron chi connectivity index (χ2n) is 6.06. The molecular formula is C19H22N2O5. The maximum absolute atomic E-state index is 12.4. The van der Waals surface area contributed by atoms with Crippen molar-refractivity contribution in [3.05, 3.63) is 46.8 Å². The highest BCUT2D eigenvalue weighted by molar-refractivity contribution is 6.00. The van der Waals surface area contributed by atoms with E-state index in [2.05, 4.69) is 10.5 Å². The molecule has 2 rings (SSSR count). The predicted molar refractivity (Wildman–Crippen MR) is 94.9 cm³/mol. The molecule has 0 fully saturated rings. The first-order valence-electron chi connectivity index (χ1n) is 8.31. The van der Waals surface area contributed by atoms with Crippen molar-refractivity contribution in [1.29, 1.82) is 0 Å². The first-order valence-corrected chi connectivity index (χ1v) is 8.31. The van der Waals surface area contributed by atoms with Crippen molar-refractivity contribution in [2.75, 3.05) is 5.32 Å². The second kappa shape index (κ2) is 8.42. The largest absolute Gasteiger partial charge is 0.454 e. The zero-order valence-corrected chi connectivity index (χ0v) is 15.3. The third kappa shape index (κ3) is 5.02. The first kappa shape index (κ1) is 19.4. The number of nitrogens with zero attached hydrogens (tertiary/aromatic N) is 1. The van der Waals surface area contributed by atoms with Crippen molar-refractivity contribution in [2.45, 2.75) is 46.6 Å². The molecule has 7 heteroatoms. The molecule has 0 aliphatic carbocycles. The molecule has 1 aromatic carbocycles. The third-order valence-electron chi connectivity index (χ3n) is 3.93. The molecule has 0 saturated heterocycles. The van der Waals surface area contributed by atoms with Crippen molar-refractivity contribution in [3.63, 3.8) is 0 Å². The molecule has 0 aliphatic heterocycles. The fourth-order valence-electron chi connectivity index (χ4n) is 2.55. The Morgan fingerprint density at radius 3 is 2.38 bits per heavy atom. The number of Topliss-reactive ketones (excluding diaryl/α,β-unsaturated/α-hetero) is 1. The number of carbonyl (C=O) groups is 3. The number of rotatable bonds is 7. The van der Waals surface area contributed by atoms with Crippen LogP contribution in [0.1, 0.15) is 47.6 Å². The van der Waals surface area contributed by atoms with E-state index in [1.807, 2.05) is 6.92 Å². The van der Waals surface area contributed by atoms with Gasteiger partial charge in [0, 0.05) is 30.2 Å². The SMILES string of the molecule is CC(=O)Nc1ccc(C(=O)[C@@H](C)OC(=O)CCc2c(C)noc2C)cc1. The highest BCUT2D eigenvalue weighted by atomic mass is 16.5. The standard InChI is InChI=1S/C19H22N2O5/c1-11-17(12(2)26-21-11)9-10-18(23)25-13(3)19(24)15-5-7-16(8-6-15)20-14(4)22/h5-8,13H,9-10H2,1-4H3,(H,20,22)/t13-/m1/s1. The van der Waals surface area contributed by atoms with Gasteiger partial charge in [0.15, 0.2) is 6.10 Å². The number of benzene rings is 1. The van der Waals surface area contributed by atoms with E-state index in [9.17, 15) is 14.4 Å². The number of ketones is 1. The third-order valence-corrected chi connectivity index (χ3v) is 3.93. The molecule has 0 spiro atoms. The molecule has 1 aromatic heterocycles. The van der Waals surface area contributed by atoms with Gasteiger partial charge in [0.25, 0.3) is 0 Å². The highest BCUT2D eigenvalue weighted by Gasteiger charge is 2.20. The van der Waals surface area contributed by atoms with Crippen LogP contribution in [0.25, 0.3) is 0 Å². The van der Waals surface area contributed by atoms with E-state index in [1.54, 1.807) is 31.2 Å². The zero-order valence-electron chi connectivity index (χ0n) is 15.3. The van der Waals surface area contributed by atoms with Crippen molar-refractivity contribution in [3.8, 4) is 0 Å². The van der Waals surface area contributed by atoms with Crippen LogP contribution in [0.4, 0.5) is 5.69 Å². The van der Waals surface area contributed by atoms with Crippen LogP contribution in [-0.4, -0.2) is 28.9 Å². The van der Waals surface area contributed by atoms with E-state index >= 15 is 0 Å². The van der Waals surface area contributed by atoms with Crippen molar-refractivity contribution in [2.24, 2.45) is 0 Å². The van der Waals surface area contributed by atoms with Crippen LogP contribution in [0.3, 0.4) is 0 Å². The first-order chi connectivity index (χ1) is 12.3. The molecule has 0 saturated carbocycles. The molecule has 0 aliphatic rings. The summed E-state index contributed by atoms with van der Waals surface area (Å²) in [5.41, 5.74) is 2.64. The number of esters is 1. The number of aryl methyl sites for hydroxylation is 2. The number of anilines is 1. The highest BCUT2D eigenvalue weighted by Crippen LogP contribution is 2.16. The zero-order chi connectivity index (χ0) is 19.3. The lowest BCUT2D eigenvalue weighted by Gasteiger charge is -2.13. The average molecular weight is 358 g/mol. The predicted octanol–water partition coefficient (Wildman–Crippen LogP) is 3.00. The summed E-state index contributed by atoms with van der Waals surface area (Å²) < 4.78 is 10.3. The molecule has 1 N–H and O–H groups in total. The lowest BCUT2D eigenvalue weighted by molar-refractivity contribution is -0.146. The van der Waals surface area contributed by atoms with Crippen LogP contribution in [0.5, 0.6) is 0 Å². The van der Waals surface area contributed by atoms with Crippen molar-refractivity contribution in [1.82, 2.24) is 5.16 Å². The Hall–Kier alpha value is -2.96. The van der Waals surface area contributed by atoms with Gasteiger partial charge in [-0.05, 0) is 51.5 Å². The summed E-state index contributed by atoms with van der Waals surface area (Å²) in [6.07, 6.45) is -0.298. The lowest BCUT2D eigenvalue weighted by Crippen LogP contribution is -2.24. The van der Waals surface area contributed by atoms with Crippen LogP contribution < -0.4 is 5.32 Å². The Labute approximate surface area is 151 Å². The minimum absolute atomic E-state index is 0.141. The number of amides is 1. The lowest BCUT2D eigenvalue weighted by atomic mass is 10.1. The molecule has 1 amide bonds. The number of carbonyl (C=O) groups excluding carboxylic acids is 3. The summed E-state index contributed by atoms with van der Waals surface area (Å²) in [6.45, 7) is 6.55. The van der Waals surface area contributed by atoms with Crippen molar-refractivity contribution < 1.29 is 23.6 Å². The minimum Gasteiger partial charge on any atom is -0.454 e. The van der Waals surface area contributed by atoms with Crippen LogP contribution in [0, 0.1) is 13.8 Å². The maximum Gasteiger partial charge on any atom is 0.306 e. The summed E-state index contributed by atoms with van der Waals surface area (Å²) >= 11 is 0. The van der Waals surface area contributed by atoms with Crippen LogP contribution in [-0.2, 0) is 20.7 Å². The van der Waals surface area contributed by atoms with E-state index in [-0.39, 0.29) is 18.1 Å². The van der Waals surface area contributed by atoms with Crippen molar-refractivity contribution >= 4 is 23.3 Å². The summed E-state index contributed by atoms with van der Waals surface area (Å²) in [5, 5.41) is 6.46. The summed E-state index contributed by atoms with van der Waals surface area (Å²) in [6, 6.07) is 6.42. The normalized spacial score (nSPS) is 11.7. The fourth-order valence-corrected chi connectivity index (χ4v) is 2.55. The van der Waals surface area contributed by atoms with Gasteiger partial charge in [0.2, 0.25) is 11.7 Å². The number of hydrogen-bond acceptors (Lipinski definition) is 6. The Bertz CT molecular complexity index is 788. The Balaban J connectivity index is 1.89. The Kier molecular flexibility index (Phi) is 6.27. The number of aromatic nitrogens is 1. The van der Waals surface area contributed by atoms with Gasteiger partial charge in [-0.15, -0.1) is 0 Å². The van der Waals surface area contributed by atoms with Gasteiger partial charge in [0.05, 0.1) is 5.69 Å². The van der Waals surface area contributed by atoms with Gasteiger partial charge in [-0.2, -0.15) is 0 Å². The topological polar surface area (TPSA) is 98.5 Å². The van der Waals surface area contributed by atoms with E-state index in [1.165, 1.54) is 13.8 Å². The maximum atomic E-state index is 12.4. The second-order valence-corrected chi connectivity index (χ2v) is 6.06. The molecule has 26 heavy (non-hydrogen) atoms. The Morgan fingerprint density at radius 1 is 1.19 bits per heavy atom. The van der Waals surface area contributed by atoms with E-state index < -0.39 is 12.1 Å². The number of ether oxygens (including phenoxy) is 1. The Morgan fingerprint density at radius 2 is 1.85 bits per heavy atom. The molecule has 1 atom stereocenters. The minimum atomic E-state index is -0.890. The van der Waals surface area contributed by atoms with Crippen LogP contribution in [0.2, 0.25) is 0 Å². The average Bonchev–Trinajstić information content (AvgIpc) is 2.90. The fraction of sp³-hybridized carbons (Fsp3) is 0.368. The molecule has 0 unspecified atom stereocenters.